The van der Waals surface area contributed by atoms with Crippen LogP contribution in [-0.2, 0) is 25.5 Å². The number of ether oxygens (including phenoxy) is 3. The third-order valence-electron chi connectivity index (χ3n) is 11.3. The van der Waals surface area contributed by atoms with Crippen LogP contribution in [0.3, 0.4) is 0 Å². The summed E-state index contributed by atoms with van der Waals surface area (Å²) < 4.78 is 22.4. The lowest BCUT2D eigenvalue weighted by Gasteiger charge is -2.34. The number of alkyl carbamates (subject to hydrolysis) is 2. The highest BCUT2D eigenvalue weighted by molar-refractivity contribution is 5.87. The van der Waals surface area contributed by atoms with Gasteiger partial charge >= 0.3 is 12.2 Å². The highest BCUT2D eigenvalue weighted by atomic mass is 16.5. The van der Waals surface area contributed by atoms with Gasteiger partial charge in [-0.3, -0.25) is 20.2 Å². The minimum atomic E-state index is -0.706. The van der Waals surface area contributed by atoms with Gasteiger partial charge in [0, 0.05) is 37.0 Å². The van der Waals surface area contributed by atoms with Crippen LogP contribution in [0.4, 0.5) is 9.59 Å². The van der Waals surface area contributed by atoms with Gasteiger partial charge in [0.15, 0.2) is 5.76 Å². The number of aromatic amines is 1. The Morgan fingerprint density at radius 2 is 1.57 bits per heavy atom. The zero-order chi connectivity index (χ0) is 38.3. The number of aromatic nitrogens is 2. The van der Waals surface area contributed by atoms with Crippen molar-refractivity contribution in [2.24, 2.45) is 11.8 Å². The zero-order valence-electron chi connectivity index (χ0n) is 31.8. The van der Waals surface area contributed by atoms with Crippen molar-refractivity contribution in [3.8, 4) is 17.2 Å². The predicted molar refractivity (Wildman–Crippen MR) is 197 cm³/mol. The van der Waals surface area contributed by atoms with Gasteiger partial charge in [0.1, 0.15) is 41.0 Å². The summed E-state index contributed by atoms with van der Waals surface area (Å²) in [5.41, 5.74) is 2.52. The summed E-state index contributed by atoms with van der Waals surface area (Å²) in [6.45, 7) is 9.52. The maximum absolute atomic E-state index is 13.6. The van der Waals surface area contributed by atoms with Gasteiger partial charge in [-0.05, 0) is 55.7 Å². The normalized spacial score (nSPS) is 24.9. The number of carbonyl (C=O) groups excluding carboxylic acids is 4. The first-order valence-electron chi connectivity index (χ1n) is 19.0. The maximum Gasteiger partial charge on any atom is 0.407 e. The summed E-state index contributed by atoms with van der Waals surface area (Å²) in [7, 11) is 2.58. The van der Waals surface area contributed by atoms with Gasteiger partial charge in [0.05, 0.1) is 44.7 Å². The fourth-order valence-corrected chi connectivity index (χ4v) is 8.36. The number of carbonyl (C=O) groups is 4. The van der Waals surface area contributed by atoms with E-state index in [1.54, 1.807) is 11.1 Å². The molecule has 7 rings (SSSR count). The summed E-state index contributed by atoms with van der Waals surface area (Å²) in [6.07, 6.45) is 4.34. The number of nitrogens with zero attached hydrogens (tertiary/aromatic N) is 3. The Labute approximate surface area is 314 Å². The quantitative estimate of drug-likeness (QED) is 0.204. The molecule has 0 bridgehead atoms. The lowest BCUT2D eigenvalue weighted by atomic mass is 10.0. The summed E-state index contributed by atoms with van der Waals surface area (Å²) in [5, 5.41) is 13.6. The minimum absolute atomic E-state index is 0.0356. The van der Waals surface area contributed by atoms with Crippen LogP contribution in [0.15, 0.2) is 28.8 Å². The number of rotatable bonds is 10. The summed E-state index contributed by atoms with van der Waals surface area (Å²) >= 11 is 0. The average molecular weight is 749 g/mol. The summed E-state index contributed by atoms with van der Waals surface area (Å²) in [4.78, 5) is 62.8. The van der Waals surface area contributed by atoms with Crippen molar-refractivity contribution < 1.29 is 37.8 Å². The second kappa shape index (κ2) is 15.5. The number of likely N-dealkylation sites (tertiary alicyclic amines) is 2. The van der Waals surface area contributed by atoms with E-state index in [9.17, 15) is 19.2 Å². The van der Waals surface area contributed by atoms with E-state index in [4.69, 9.17) is 18.6 Å². The molecule has 4 aliphatic heterocycles. The van der Waals surface area contributed by atoms with Crippen LogP contribution in [0, 0.1) is 11.8 Å². The number of methoxy groups -OCH3 is 2. The maximum atomic E-state index is 13.6. The van der Waals surface area contributed by atoms with E-state index in [2.05, 4.69) is 31.2 Å². The van der Waals surface area contributed by atoms with Gasteiger partial charge in [-0.1, -0.05) is 27.7 Å². The zero-order valence-corrected chi connectivity index (χ0v) is 31.8. The molecule has 16 nitrogen and oxygen atoms in total. The number of hydrogen-bond acceptors (Lipinski definition) is 11. The molecule has 1 aromatic carbocycles. The fraction of sp³-hybridized carbons (Fsp3) is 0.605. The molecule has 7 unspecified atom stereocenters. The van der Waals surface area contributed by atoms with Crippen LogP contribution < -0.4 is 26.0 Å². The molecule has 3 aromatic rings. The van der Waals surface area contributed by atoms with Crippen LogP contribution >= 0.6 is 0 Å². The third-order valence-corrected chi connectivity index (χ3v) is 11.3. The number of benzene rings is 1. The molecule has 0 radical (unpaired) electrons. The molecular formula is C38H52N8O8. The first-order chi connectivity index (χ1) is 25.9. The molecule has 4 amide bonds. The lowest BCUT2D eigenvalue weighted by molar-refractivity contribution is -0.136. The Bertz CT molecular complexity index is 1830. The molecule has 2 aromatic heterocycles. The standard InChI is InChI=1S/C38H52N8O8/c1-19(2)31(43-37(49)51-5)35(47)45-11-7-9-25(45)33-39-17-23(41-33)29-15-21-13-28-22(14-27(21)53-29)16-30(54-28)24-18-40-34(42-24)26-10-8-12-46(26)36(48)32(20(3)4)44-38(50)52-6/h13-15,17,19-20,24-26,30-32,34,40,42H,7-12,16,18H2,1-6H3,(H,39,41)(H,43,49)(H,44,50). The number of hydrogen-bond donors (Lipinski definition) is 5. The Morgan fingerprint density at radius 1 is 0.907 bits per heavy atom. The second-order valence-corrected chi connectivity index (χ2v) is 15.5. The predicted octanol–water partition coefficient (Wildman–Crippen LogP) is 3.43. The molecule has 3 fully saturated rings. The topological polar surface area (TPSA) is 192 Å². The van der Waals surface area contributed by atoms with Crippen LogP contribution in [0.5, 0.6) is 5.75 Å². The second-order valence-electron chi connectivity index (χ2n) is 15.5. The molecule has 54 heavy (non-hydrogen) atoms. The average Bonchev–Trinajstić information content (AvgIpc) is 4.00. The molecule has 4 aliphatic rings. The molecular weight excluding hydrogens is 696 g/mol. The van der Waals surface area contributed by atoms with E-state index in [-0.39, 0.29) is 54.0 Å². The Kier molecular flexibility index (Phi) is 10.8. The smallest absolute Gasteiger partial charge is 0.407 e. The number of furan rings is 1. The van der Waals surface area contributed by atoms with E-state index in [0.29, 0.717) is 43.3 Å². The largest absolute Gasteiger partial charge is 0.488 e. The van der Waals surface area contributed by atoms with Gasteiger partial charge in [-0.2, -0.15) is 0 Å². The van der Waals surface area contributed by atoms with Crippen LogP contribution in [0.2, 0.25) is 0 Å². The van der Waals surface area contributed by atoms with Crippen molar-refractivity contribution in [1.29, 1.82) is 0 Å². The van der Waals surface area contributed by atoms with Crippen LogP contribution in [0.1, 0.15) is 70.8 Å². The van der Waals surface area contributed by atoms with Crippen molar-refractivity contribution in [3.63, 3.8) is 0 Å². The number of imidazole rings is 1. The van der Waals surface area contributed by atoms with Gasteiger partial charge in [-0.15, -0.1) is 0 Å². The molecule has 6 heterocycles. The van der Waals surface area contributed by atoms with Gasteiger partial charge in [0.25, 0.3) is 0 Å². The highest BCUT2D eigenvalue weighted by Gasteiger charge is 2.44. The summed E-state index contributed by atoms with van der Waals surface area (Å²) in [5.74, 6) is 1.66. The Morgan fingerprint density at radius 3 is 2.26 bits per heavy atom. The van der Waals surface area contributed by atoms with E-state index < -0.39 is 24.3 Å². The number of nitrogens with one attached hydrogen (secondary N) is 5. The van der Waals surface area contributed by atoms with Gasteiger partial charge in [0.2, 0.25) is 11.8 Å². The van der Waals surface area contributed by atoms with Crippen LogP contribution in [0.25, 0.3) is 22.4 Å². The number of H-pyrrole nitrogens is 1. The third kappa shape index (κ3) is 7.32. The van der Waals surface area contributed by atoms with E-state index in [0.717, 1.165) is 48.0 Å². The first kappa shape index (κ1) is 37.5. The minimum Gasteiger partial charge on any atom is -0.488 e. The molecule has 0 spiro atoms. The number of amides is 4. The molecule has 7 atom stereocenters. The first-order valence-corrected chi connectivity index (χ1v) is 19.0. The molecule has 0 aliphatic carbocycles. The molecule has 292 valence electrons. The van der Waals surface area contributed by atoms with Crippen molar-refractivity contribution in [2.75, 3.05) is 33.9 Å². The molecule has 5 N–H and O–H groups in total. The molecule has 3 saturated heterocycles. The Hall–Kier alpha value is -4.83. The van der Waals surface area contributed by atoms with E-state index >= 15 is 0 Å². The highest BCUT2D eigenvalue weighted by Crippen LogP contribution is 2.39. The van der Waals surface area contributed by atoms with Crippen molar-refractivity contribution in [2.45, 2.75) is 102 Å². The van der Waals surface area contributed by atoms with Crippen molar-refractivity contribution in [1.82, 2.24) is 41.0 Å². The van der Waals surface area contributed by atoms with Gasteiger partial charge < -0.3 is 44.0 Å². The molecule has 0 saturated carbocycles. The molecule has 16 heteroatoms. The van der Waals surface area contributed by atoms with Gasteiger partial charge in [-0.25, -0.2) is 14.6 Å². The SMILES string of the molecule is COC(=O)NC(C(=O)N1CCCC1c1ncc(-c2cc3cc4c(cc3o2)CC(C2CNC(C3CCCN3C(=O)C(NC(=O)OC)C(C)C)N2)O4)[nH]1)C(C)C. The Balaban J connectivity index is 0.989. The van der Waals surface area contributed by atoms with E-state index in [1.807, 2.05) is 50.8 Å². The lowest BCUT2D eigenvalue weighted by Crippen LogP contribution is -2.58. The van der Waals surface area contributed by atoms with Crippen molar-refractivity contribution in [3.05, 3.63) is 35.8 Å². The number of fused-ring (bicyclic) bond motifs is 2. The summed E-state index contributed by atoms with van der Waals surface area (Å²) in [6, 6.07) is 4.40. The fourth-order valence-electron chi connectivity index (χ4n) is 8.36. The van der Waals surface area contributed by atoms with E-state index in [1.165, 1.54) is 14.2 Å². The monoisotopic (exact) mass is 748 g/mol. The van der Waals surface area contributed by atoms with Crippen molar-refractivity contribution >= 4 is 35.0 Å². The van der Waals surface area contributed by atoms with Crippen LogP contribution in [-0.4, -0.2) is 114 Å².